The normalized spacial score (nSPS) is 18.1. The number of halogens is 3. The highest BCUT2D eigenvalue weighted by atomic mass is 127. The summed E-state index contributed by atoms with van der Waals surface area (Å²) in [4.78, 5) is 4.47. The number of hydrogen-bond donors (Lipinski definition) is 2. The van der Waals surface area contributed by atoms with Crippen LogP contribution in [0, 0.1) is 11.6 Å². The van der Waals surface area contributed by atoms with Crippen molar-refractivity contribution < 1.29 is 21.9 Å². The van der Waals surface area contributed by atoms with E-state index < -0.39 is 26.2 Å². The summed E-state index contributed by atoms with van der Waals surface area (Å²) < 4.78 is 55.7. The molecule has 0 bridgehead atoms. The van der Waals surface area contributed by atoms with Gasteiger partial charge in [-0.3, -0.25) is 4.99 Å². The largest absolute Gasteiger partial charge is 0.381 e. The molecule has 6 nitrogen and oxygen atoms in total. The van der Waals surface area contributed by atoms with Crippen molar-refractivity contribution in [2.75, 3.05) is 32.6 Å². The van der Waals surface area contributed by atoms with Gasteiger partial charge in [0, 0.05) is 26.0 Å². The zero-order valence-corrected chi connectivity index (χ0v) is 19.4. The van der Waals surface area contributed by atoms with Crippen molar-refractivity contribution in [3.63, 3.8) is 0 Å². The van der Waals surface area contributed by atoms with E-state index in [0.717, 1.165) is 12.1 Å². The summed E-state index contributed by atoms with van der Waals surface area (Å²) in [5.74, 6) is -1.40. The number of nitrogens with zero attached hydrogens (tertiary/aromatic N) is 1. The predicted molar refractivity (Wildman–Crippen MR) is 117 cm³/mol. The second-order valence-electron chi connectivity index (χ2n) is 6.80. The number of guanidine groups is 1. The lowest BCUT2D eigenvalue weighted by molar-refractivity contribution is 0.0768. The summed E-state index contributed by atoms with van der Waals surface area (Å²) in [7, 11) is -3.32. The molecule has 0 saturated carbocycles. The third-order valence-electron chi connectivity index (χ3n) is 4.86. The van der Waals surface area contributed by atoms with Crippen molar-refractivity contribution in [3.8, 4) is 0 Å². The van der Waals surface area contributed by atoms with E-state index in [1.165, 1.54) is 12.3 Å². The fourth-order valence-corrected chi connectivity index (χ4v) is 4.21. The smallest absolute Gasteiger partial charge is 0.191 e. The lowest BCUT2D eigenvalue weighted by Crippen LogP contribution is -2.47. The quantitative estimate of drug-likeness (QED) is 0.336. The molecule has 28 heavy (non-hydrogen) atoms. The van der Waals surface area contributed by atoms with Crippen molar-refractivity contribution in [2.45, 2.75) is 37.5 Å². The molecule has 1 saturated heterocycles. The Morgan fingerprint density at radius 1 is 1.29 bits per heavy atom. The minimum absolute atomic E-state index is 0. The van der Waals surface area contributed by atoms with Crippen LogP contribution in [0.15, 0.2) is 23.2 Å². The molecule has 1 aromatic rings. The Hall–Kier alpha value is -1.01. The molecule has 2 rings (SSSR count). The van der Waals surface area contributed by atoms with Crippen molar-refractivity contribution in [2.24, 2.45) is 4.99 Å². The first-order chi connectivity index (χ1) is 12.7. The zero-order valence-electron chi connectivity index (χ0n) is 16.3. The van der Waals surface area contributed by atoms with Gasteiger partial charge in [-0.1, -0.05) is 6.07 Å². The van der Waals surface area contributed by atoms with E-state index in [0.29, 0.717) is 44.1 Å². The lowest BCUT2D eigenvalue weighted by atomic mass is 9.99. The third-order valence-corrected chi connectivity index (χ3v) is 6.97. The van der Waals surface area contributed by atoms with Gasteiger partial charge in [-0.15, -0.1) is 24.0 Å². The van der Waals surface area contributed by atoms with Gasteiger partial charge in [-0.25, -0.2) is 17.2 Å². The van der Waals surface area contributed by atoms with Crippen LogP contribution in [-0.2, 0) is 14.6 Å². The van der Waals surface area contributed by atoms with E-state index in [9.17, 15) is 17.2 Å². The molecule has 10 heteroatoms. The van der Waals surface area contributed by atoms with E-state index >= 15 is 0 Å². The molecule has 160 valence electrons. The number of benzene rings is 1. The second kappa shape index (κ2) is 10.7. The summed E-state index contributed by atoms with van der Waals surface area (Å²) in [5, 5.41) is 6.18. The standard InChI is InChI=1S/C18H27F2N3O3S.HI/c1-4-21-17(23-13(2)14-5-6-15(19)16(20)11-14)22-12-18(27(3,24)25)7-9-26-10-8-18;/h5-6,11,13H,4,7-10,12H2,1-3H3,(H2,21,22,23);1H. The maximum atomic E-state index is 13.5. The first-order valence-corrected chi connectivity index (χ1v) is 10.8. The minimum atomic E-state index is -3.32. The van der Waals surface area contributed by atoms with Crippen molar-refractivity contribution in [3.05, 3.63) is 35.4 Å². The SMILES string of the molecule is CCNC(=NCC1(S(C)(=O)=O)CCOCC1)NC(C)c1ccc(F)c(F)c1.I. The summed E-state index contributed by atoms with van der Waals surface area (Å²) in [6, 6.07) is 3.36. The molecule has 0 aliphatic carbocycles. The molecule has 1 heterocycles. The van der Waals surface area contributed by atoms with Gasteiger partial charge in [-0.2, -0.15) is 0 Å². The molecular formula is C18H28F2IN3O3S. The molecule has 0 amide bonds. The van der Waals surface area contributed by atoms with Crippen molar-refractivity contribution >= 4 is 39.8 Å². The number of rotatable bonds is 6. The Balaban J connectivity index is 0.00000392. The van der Waals surface area contributed by atoms with Gasteiger partial charge in [0.1, 0.15) is 0 Å². The van der Waals surface area contributed by atoms with Gasteiger partial charge in [0.05, 0.1) is 17.3 Å². The number of nitrogens with one attached hydrogen (secondary N) is 2. The summed E-state index contributed by atoms with van der Waals surface area (Å²) in [6.07, 6.45) is 2.03. The van der Waals surface area contributed by atoms with Gasteiger partial charge in [0.25, 0.3) is 0 Å². The molecule has 0 radical (unpaired) electrons. The Labute approximate surface area is 182 Å². The van der Waals surface area contributed by atoms with Crippen LogP contribution in [0.4, 0.5) is 8.78 Å². The van der Waals surface area contributed by atoms with Crippen LogP contribution in [-0.4, -0.2) is 51.7 Å². The van der Waals surface area contributed by atoms with Crippen LogP contribution in [0.5, 0.6) is 0 Å². The zero-order chi connectivity index (χ0) is 20.1. The Morgan fingerprint density at radius 2 is 1.93 bits per heavy atom. The van der Waals surface area contributed by atoms with E-state index in [4.69, 9.17) is 4.74 Å². The monoisotopic (exact) mass is 531 g/mol. The van der Waals surface area contributed by atoms with Crippen LogP contribution in [0.2, 0.25) is 0 Å². The van der Waals surface area contributed by atoms with E-state index in [1.54, 1.807) is 6.92 Å². The highest BCUT2D eigenvalue weighted by Crippen LogP contribution is 2.29. The molecule has 2 N–H and O–H groups in total. The van der Waals surface area contributed by atoms with Crippen LogP contribution in [0.25, 0.3) is 0 Å². The highest BCUT2D eigenvalue weighted by molar-refractivity contribution is 14.0. The summed E-state index contributed by atoms with van der Waals surface area (Å²) in [5.41, 5.74) is 0.559. The van der Waals surface area contributed by atoms with Crippen LogP contribution in [0.1, 0.15) is 38.3 Å². The van der Waals surface area contributed by atoms with Crippen LogP contribution in [0.3, 0.4) is 0 Å². The Morgan fingerprint density at radius 3 is 2.46 bits per heavy atom. The number of aliphatic imine (C=N–C) groups is 1. The first kappa shape index (κ1) is 25.0. The van der Waals surface area contributed by atoms with Gasteiger partial charge in [0.2, 0.25) is 0 Å². The average Bonchev–Trinajstić information content (AvgIpc) is 2.62. The van der Waals surface area contributed by atoms with Gasteiger partial charge in [-0.05, 0) is 44.4 Å². The molecular weight excluding hydrogens is 503 g/mol. The maximum absolute atomic E-state index is 13.5. The molecule has 1 aliphatic rings. The summed E-state index contributed by atoms with van der Waals surface area (Å²) in [6.45, 7) is 5.14. The molecule has 0 aromatic heterocycles. The number of ether oxygens (including phenoxy) is 1. The molecule has 1 fully saturated rings. The van der Waals surface area contributed by atoms with Gasteiger partial charge < -0.3 is 15.4 Å². The predicted octanol–water partition coefficient (Wildman–Crippen LogP) is 2.79. The number of sulfone groups is 1. The fraction of sp³-hybridized carbons (Fsp3) is 0.611. The first-order valence-electron chi connectivity index (χ1n) is 8.95. The molecule has 1 aliphatic heterocycles. The van der Waals surface area contributed by atoms with Gasteiger partial charge in [0.15, 0.2) is 27.4 Å². The third kappa shape index (κ3) is 6.24. The van der Waals surface area contributed by atoms with Crippen LogP contribution >= 0.6 is 24.0 Å². The number of hydrogen-bond acceptors (Lipinski definition) is 4. The topological polar surface area (TPSA) is 79.8 Å². The van der Waals surface area contributed by atoms with E-state index in [2.05, 4.69) is 15.6 Å². The molecule has 1 aromatic carbocycles. The van der Waals surface area contributed by atoms with Crippen LogP contribution < -0.4 is 10.6 Å². The Kier molecular flexibility index (Phi) is 9.54. The average molecular weight is 531 g/mol. The van der Waals surface area contributed by atoms with E-state index in [-0.39, 0.29) is 36.6 Å². The molecule has 1 unspecified atom stereocenters. The second-order valence-corrected chi connectivity index (χ2v) is 9.21. The fourth-order valence-electron chi connectivity index (χ4n) is 3.00. The van der Waals surface area contributed by atoms with Crippen molar-refractivity contribution in [1.29, 1.82) is 0 Å². The minimum Gasteiger partial charge on any atom is -0.381 e. The Bertz CT molecular complexity index is 784. The van der Waals surface area contributed by atoms with E-state index in [1.807, 2.05) is 6.92 Å². The summed E-state index contributed by atoms with van der Waals surface area (Å²) >= 11 is 0. The van der Waals surface area contributed by atoms with Crippen molar-refractivity contribution in [1.82, 2.24) is 10.6 Å². The lowest BCUT2D eigenvalue weighted by Gasteiger charge is -2.34. The van der Waals surface area contributed by atoms with Gasteiger partial charge >= 0.3 is 0 Å². The molecule has 1 atom stereocenters. The highest BCUT2D eigenvalue weighted by Gasteiger charge is 2.42. The maximum Gasteiger partial charge on any atom is 0.191 e. The molecule has 0 spiro atoms.